The van der Waals surface area contributed by atoms with Crippen LogP contribution in [0.1, 0.15) is 22.8 Å². The molecule has 0 aliphatic heterocycles. The van der Waals surface area contributed by atoms with E-state index in [0.29, 0.717) is 5.71 Å². The van der Waals surface area contributed by atoms with Gasteiger partial charge in [0, 0.05) is 5.56 Å². The first kappa shape index (κ1) is 16.4. The fraction of sp³-hybridized carbons (Fsp3) is 0.118. The molecule has 0 atom stereocenters. The fourth-order valence-corrected chi connectivity index (χ4v) is 1.82. The first-order valence-corrected chi connectivity index (χ1v) is 6.98. The highest BCUT2D eigenvalue weighted by Crippen LogP contribution is 2.03. The van der Waals surface area contributed by atoms with E-state index in [4.69, 9.17) is 0 Å². The van der Waals surface area contributed by atoms with Gasteiger partial charge in [-0.1, -0.05) is 36.4 Å². The number of benzene rings is 2. The van der Waals surface area contributed by atoms with Crippen LogP contribution in [-0.4, -0.2) is 24.1 Å². The van der Waals surface area contributed by atoms with E-state index in [1.54, 1.807) is 6.92 Å². The van der Waals surface area contributed by atoms with Crippen LogP contribution in [0.5, 0.6) is 0 Å². The van der Waals surface area contributed by atoms with Crippen molar-refractivity contribution in [3.8, 4) is 0 Å². The maximum atomic E-state index is 13.0. The smallest absolute Gasteiger partial charge is 0.259 e. The molecule has 118 valence electrons. The fourth-order valence-electron chi connectivity index (χ4n) is 1.82. The molecule has 2 aromatic carbocycles. The Morgan fingerprint density at radius 1 is 1.04 bits per heavy atom. The lowest BCUT2D eigenvalue weighted by molar-refractivity contribution is -0.120. The van der Waals surface area contributed by atoms with Crippen molar-refractivity contribution in [1.29, 1.82) is 0 Å². The van der Waals surface area contributed by atoms with Gasteiger partial charge in [0.1, 0.15) is 5.82 Å². The topological polar surface area (TPSA) is 70.6 Å². The van der Waals surface area contributed by atoms with Crippen molar-refractivity contribution in [1.82, 2.24) is 10.7 Å². The molecule has 0 saturated heterocycles. The average Bonchev–Trinajstić information content (AvgIpc) is 2.58. The summed E-state index contributed by atoms with van der Waals surface area (Å²) in [6.45, 7) is 1.52. The van der Waals surface area contributed by atoms with Crippen molar-refractivity contribution in [2.45, 2.75) is 6.92 Å². The van der Waals surface area contributed by atoms with E-state index >= 15 is 0 Å². The van der Waals surface area contributed by atoms with Gasteiger partial charge in [-0.25, -0.2) is 9.82 Å². The molecule has 0 radical (unpaired) electrons. The van der Waals surface area contributed by atoms with Gasteiger partial charge in [0.25, 0.3) is 11.8 Å². The summed E-state index contributed by atoms with van der Waals surface area (Å²) in [5.74, 6) is -1.50. The predicted octanol–water partition coefficient (Wildman–Crippen LogP) is 2.10. The van der Waals surface area contributed by atoms with Crippen LogP contribution in [0.15, 0.2) is 59.7 Å². The van der Waals surface area contributed by atoms with Crippen molar-refractivity contribution in [2.24, 2.45) is 5.10 Å². The Labute approximate surface area is 133 Å². The van der Waals surface area contributed by atoms with Gasteiger partial charge >= 0.3 is 0 Å². The van der Waals surface area contributed by atoms with Gasteiger partial charge < -0.3 is 5.32 Å². The van der Waals surface area contributed by atoms with Crippen LogP contribution >= 0.6 is 0 Å². The monoisotopic (exact) mass is 313 g/mol. The van der Waals surface area contributed by atoms with Gasteiger partial charge in [0.05, 0.1) is 12.3 Å². The first-order chi connectivity index (χ1) is 11.1. The standard InChI is InChI=1S/C17H16FN3O2/c1-12(13-6-3-2-4-7-13)20-21-16(22)11-19-17(23)14-8-5-9-15(18)10-14/h2-10H,11H2,1H3,(H,19,23)(H,21,22)/b20-12-. The molecule has 23 heavy (non-hydrogen) atoms. The molecule has 0 aromatic heterocycles. The Bertz CT molecular complexity index is 730. The molecule has 2 amide bonds. The molecule has 2 N–H and O–H groups in total. The van der Waals surface area contributed by atoms with E-state index in [1.807, 2.05) is 30.3 Å². The Morgan fingerprint density at radius 2 is 1.74 bits per heavy atom. The number of rotatable bonds is 5. The molecule has 0 fully saturated rings. The van der Waals surface area contributed by atoms with E-state index in [9.17, 15) is 14.0 Å². The minimum absolute atomic E-state index is 0.154. The lowest BCUT2D eigenvalue weighted by Gasteiger charge is -2.05. The average molecular weight is 313 g/mol. The molecule has 0 spiro atoms. The van der Waals surface area contributed by atoms with Crippen molar-refractivity contribution in [2.75, 3.05) is 6.54 Å². The van der Waals surface area contributed by atoms with Crippen molar-refractivity contribution < 1.29 is 14.0 Å². The summed E-state index contributed by atoms with van der Waals surface area (Å²) in [7, 11) is 0. The molecule has 0 bridgehead atoms. The minimum atomic E-state index is -0.525. The summed E-state index contributed by atoms with van der Waals surface area (Å²) in [5.41, 5.74) is 4.05. The summed E-state index contributed by atoms with van der Waals surface area (Å²) in [6, 6.07) is 14.6. The van der Waals surface area contributed by atoms with Crippen molar-refractivity contribution >= 4 is 17.5 Å². The van der Waals surface area contributed by atoms with Crippen LogP contribution in [0.25, 0.3) is 0 Å². The van der Waals surface area contributed by atoms with Gasteiger partial charge in [-0.2, -0.15) is 5.10 Å². The lowest BCUT2D eigenvalue weighted by atomic mass is 10.1. The summed E-state index contributed by atoms with van der Waals surface area (Å²) in [6.07, 6.45) is 0. The molecule has 5 nitrogen and oxygen atoms in total. The molecule has 0 saturated carbocycles. The van der Waals surface area contributed by atoms with Gasteiger partial charge in [-0.05, 0) is 30.7 Å². The van der Waals surface area contributed by atoms with E-state index in [-0.39, 0.29) is 12.1 Å². The molecule has 0 aliphatic rings. The summed E-state index contributed by atoms with van der Waals surface area (Å²) < 4.78 is 13.0. The lowest BCUT2D eigenvalue weighted by Crippen LogP contribution is -2.35. The highest BCUT2D eigenvalue weighted by molar-refractivity contribution is 5.99. The Kier molecular flexibility index (Phi) is 5.57. The van der Waals surface area contributed by atoms with E-state index in [1.165, 1.54) is 18.2 Å². The quantitative estimate of drug-likeness (QED) is 0.655. The number of nitrogens with one attached hydrogen (secondary N) is 2. The summed E-state index contributed by atoms with van der Waals surface area (Å²) in [5, 5.41) is 6.37. The third-order valence-corrected chi connectivity index (χ3v) is 3.04. The van der Waals surface area contributed by atoms with E-state index in [2.05, 4.69) is 15.8 Å². The van der Waals surface area contributed by atoms with Crippen LogP contribution in [0.4, 0.5) is 4.39 Å². The number of hydrogen-bond acceptors (Lipinski definition) is 3. The molecule has 0 aliphatic carbocycles. The Balaban J connectivity index is 1.84. The molecular weight excluding hydrogens is 297 g/mol. The second-order valence-electron chi connectivity index (χ2n) is 4.79. The SMILES string of the molecule is C/C(=N/NC(=O)CNC(=O)c1cccc(F)c1)c1ccccc1. The maximum absolute atomic E-state index is 13.0. The molecule has 2 aromatic rings. The number of carbonyl (C=O) groups is 2. The molecule has 2 rings (SSSR count). The van der Waals surface area contributed by atoms with Crippen LogP contribution in [0.3, 0.4) is 0 Å². The van der Waals surface area contributed by atoms with Crippen molar-refractivity contribution in [3.63, 3.8) is 0 Å². The second-order valence-corrected chi connectivity index (χ2v) is 4.79. The van der Waals surface area contributed by atoms with Gasteiger partial charge in [-0.15, -0.1) is 0 Å². The number of hydrogen-bond donors (Lipinski definition) is 2. The normalized spacial score (nSPS) is 11.0. The number of halogens is 1. The maximum Gasteiger partial charge on any atom is 0.259 e. The number of nitrogens with zero attached hydrogens (tertiary/aromatic N) is 1. The molecule has 0 unspecified atom stereocenters. The van der Waals surface area contributed by atoms with Gasteiger partial charge in [0.15, 0.2) is 0 Å². The number of amides is 2. The molecular formula is C17H16FN3O2. The summed E-state index contributed by atoms with van der Waals surface area (Å²) >= 11 is 0. The third-order valence-electron chi connectivity index (χ3n) is 3.04. The third kappa shape index (κ3) is 5.03. The van der Waals surface area contributed by atoms with Gasteiger partial charge in [0.2, 0.25) is 0 Å². The number of carbonyl (C=O) groups excluding carboxylic acids is 2. The Hall–Kier alpha value is -3.02. The van der Waals surface area contributed by atoms with E-state index < -0.39 is 17.6 Å². The second kappa shape index (κ2) is 7.84. The summed E-state index contributed by atoms with van der Waals surface area (Å²) in [4.78, 5) is 23.4. The highest BCUT2D eigenvalue weighted by Gasteiger charge is 2.08. The van der Waals surface area contributed by atoms with Crippen LogP contribution < -0.4 is 10.7 Å². The minimum Gasteiger partial charge on any atom is -0.343 e. The van der Waals surface area contributed by atoms with Crippen LogP contribution in [-0.2, 0) is 4.79 Å². The zero-order chi connectivity index (χ0) is 16.7. The van der Waals surface area contributed by atoms with Crippen molar-refractivity contribution in [3.05, 3.63) is 71.5 Å². The first-order valence-electron chi connectivity index (χ1n) is 6.98. The van der Waals surface area contributed by atoms with Crippen LogP contribution in [0, 0.1) is 5.82 Å². The highest BCUT2D eigenvalue weighted by atomic mass is 19.1. The molecule has 6 heteroatoms. The van der Waals surface area contributed by atoms with Crippen LogP contribution in [0.2, 0.25) is 0 Å². The van der Waals surface area contributed by atoms with Gasteiger partial charge in [-0.3, -0.25) is 9.59 Å². The predicted molar refractivity (Wildman–Crippen MR) is 85.5 cm³/mol. The largest absolute Gasteiger partial charge is 0.343 e. The zero-order valence-electron chi connectivity index (χ0n) is 12.5. The zero-order valence-corrected chi connectivity index (χ0v) is 12.5. The van der Waals surface area contributed by atoms with E-state index in [0.717, 1.165) is 11.6 Å². The molecule has 0 heterocycles. The Morgan fingerprint density at radius 3 is 2.43 bits per heavy atom. The number of hydrazone groups is 1.